The lowest BCUT2D eigenvalue weighted by Gasteiger charge is -2.16. The molecule has 0 saturated heterocycles. The summed E-state index contributed by atoms with van der Waals surface area (Å²) in [5.41, 5.74) is 4.73. The molecule has 0 bridgehead atoms. The van der Waals surface area contributed by atoms with Gasteiger partial charge in [-0.1, -0.05) is 45.0 Å². The molecule has 20 heavy (non-hydrogen) atoms. The molecule has 0 saturated carbocycles. The van der Waals surface area contributed by atoms with Crippen molar-refractivity contribution in [3.8, 4) is 22.6 Å². The van der Waals surface area contributed by atoms with Crippen LogP contribution in [0.5, 0.6) is 11.5 Å². The van der Waals surface area contributed by atoms with Gasteiger partial charge in [0.2, 0.25) is 0 Å². The van der Waals surface area contributed by atoms with Gasteiger partial charge >= 0.3 is 0 Å². The molecule has 2 heteroatoms. The Morgan fingerprint density at radius 3 is 2.25 bits per heavy atom. The average Bonchev–Trinajstić information content (AvgIpc) is 2.47. The zero-order valence-corrected chi connectivity index (χ0v) is 12.4. The van der Waals surface area contributed by atoms with Gasteiger partial charge in [-0.05, 0) is 42.0 Å². The molecule has 0 heterocycles. The Morgan fingerprint density at radius 1 is 0.900 bits per heavy atom. The molecule has 0 atom stereocenters. The summed E-state index contributed by atoms with van der Waals surface area (Å²) in [4.78, 5) is 0. The van der Waals surface area contributed by atoms with E-state index in [1.54, 1.807) is 6.07 Å². The summed E-state index contributed by atoms with van der Waals surface area (Å²) in [6, 6.07) is 10.0. The number of phenols is 2. The van der Waals surface area contributed by atoms with Crippen LogP contribution in [0.4, 0.5) is 0 Å². The number of phenolic OH excluding ortho intramolecular Hbond substituents is 2. The third-order valence-corrected chi connectivity index (χ3v) is 3.82. The van der Waals surface area contributed by atoms with Crippen LogP contribution in [0.15, 0.2) is 30.3 Å². The highest BCUT2D eigenvalue weighted by Crippen LogP contribution is 2.41. The predicted molar refractivity (Wildman–Crippen MR) is 83.3 cm³/mol. The average molecular weight is 270 g/mol. The fraction of sp³-hybridized carbons (Fsp3) is 0.333. The van der Waals surface area contributed by atoms with Gasteiger partial charge in [-0.15, -0.1) is 0 Å². The molecule has 0 aliphatic heterocycles. The zero-order valence-electron chi connectivity index (χ0n) is 12.4. The summed E-state index contributed by atoms with van der Waals surface area (Å²) in [7, 11) is 0. The van der Waals surface area contributed by atoms with E-state index in [-0.39, 0.29) is 11.5 Å². The van der Waals surface area contributed by atoms with Gasteiger partial charge in [0.05, 0.1) is 0 Å². The van der Waals surface area contributed by atoms with Crippen molar-refractivity contribution in [2.45, 2.75) is 40.0 Å². The van der Waals surface area contributed by atoms with Crippen molar-refractivity contribution >= 4 is 0 Å². The van der Waals surface area contributed by atoms with Crippen LogP contribution < -0.4 is 0 Å². The first kappa shape index (κ1) is 14.4. The molecule has 0 spiro atoms. The molecule has 0 amide bonds. The largest absolute Gasteiger partial charge is 0.508 e. The highest BCUT2D eigenvalue weighted by Gasteiger charge is 2.17. The molecule has 0 unspecified atom stereocenters. The maximum Gasteiger partial charge on any atom is 0.130 e. The third kappa shape index (κ3) is 2.51. The first-order valence-electron chi connectivity index (χ1n) is 7.28. The topological polar surface area (TPSA) is 40.5 Å². The van der Waals surface area contributed by atoms with E-state index in [1.807, 2.05) is 26.0 Å². The van der Waals surface area contributed by atoms with Crippen LogP contribution in [-0.4, -0.2) is 10.2 Å². The normalized spacial score (nSPS) is 10.8. The van der Waals surface area contributed by atoms with Crippen LogP contribution in [0.3, 0.4) is 0 Å². The lowest BCUT2D eigenvalue weighted by Crippen LogP contribution is -1.94. The van der Waals surface area contributed by atoms with Crippen molar-refractivity contribution in [2.24, 2.45) is 0 Å². The Bertz CT molecular complexity index is 615. The standard InChI is InChI=1S/C18H22O2/c1-4-12-8-7-9-14(10-12)17-13(5-2)11-16(19)15(6-3)18(17)20/h7-11,19-20H,4-6H2,1-3H3. The number of aromatic hydroxyl groups is 2. The van der Waals surface area contributed by atoms with Gasteiger partial charge < -0.3 is 10.2 Å². The van der Waals surface area contributed by atoms with E-state index in [0.29, 0.717) is 12.0 Å². The Kier molecular flexibility index (Phi) is 4.33. The van der Waals surface area contributed by atoms with Crippen molar-refractivity contribution in [3.63, 3.8) is 0 Å². The minimum atomic E-state index is 0.192. The molecular weight excluding hydrogens is 248 g/mol. The van der Waals surface area contributed by atoms with E-state index in [4.69, 9.17) is 0 Å². The molecule has 0 radical (unpaired) electrons. The van der Waals surface area contributed by atoms with Gasteiger partial charge in [0.25, 0.3) is 0 Å². The summed E-state index contributed by atoms with van der Waals surface area (Å²) in [6.07, 6.45) is 2.35. The smallest absolute Gasteiger partial charge is 0.130 e. The fourth-order valence-corrected chi connectivity index (χ4v) is 2.64. The van der Waals surface area contributed by atoms with Gasteiger partial charge in [0, 0.05) is 11.1 Å². The van der Waals surface area contributed by atoms with E-state index in [2.05, 4.69) is 19.1 Å². The summed E-state index contributed by atoms with van der Waals surface area (Å²) in [5.74, 6) is 0.412. The van der Waals surface area contributed by atoms with E-state index in [0.717, 1.165) is 29.5 Å². The van der Waals surface area contributed by atoms with E-state index in [1.165, 1.54) is 5.56 Å². The predicted octanol–water partition coefficient (Wildman–Crippen LogP) is 4.45. The number of hydrogen-bond donors (Lipinski definition) is 2. The molecule has 2 aromatic carbocycles. The molecule has 2 aromatic rings. The van der Waals surface area contributed by atoms with Gasteiger partial charge in [-0.25, -0.2) is 0 Å². The number of rotatable bonds is 4. The molecule has 2 nitrogen and oxygen atoms in total. The zero-order chi connectivity index (χ0) is 14.7. The molecule has 0 aliphatic rings. The fourth-order valence-electron chi connectivity index (χ4n) is 2.64. The second-order valence-corrected chi connectivity index (χ2v) is 5.02. The highest BCUT2D eigenvalue weighted by molar-refractivity contribution is 5.77. The third-order valence-electron chi connectivity index (χ3n) is 3.82. The number of aryl methyl sites for hydroxylation is 2. The van der Waals surface area contributed by atoms with Crippen LogP contribution in [0.1, 0.15) is 37.5 Å². The Morgan fingerprint density at radius 2 is 1.65 bits per heavy atom. The van der Waals surface area contributed by atoms with Gasteiger partial charge in [-0.2, -0.15) is 0 Å². The SMILES string of the molecule is CCc1cccc(-c2c(CC)cc(O)c(CC)c2O)c1. The van der Waals surface area contributed by atoms with E-state index >= 15 is 0 Å². The van der Waals surface area contributed by atoms with Gasteiger partial charge in [0.1, 0.15) is 11.5 Å². The van der Waals surface area contributed by atoms with E-state index in [9.17, 15) is 10.2 Å². The van der Waals surface area contributed by atoms with Crippen LogP contribution in [-0.2, 0) is 19.3 Å². The monoisotopic (exact) mass is 270 g/mol. The second kappa shape index (κ2) is 6.00. The van der Waals surface area contributed by atoms with Crippen LogP contribution in [0.25, 0.3) is 11.1 Å². The molecule has 2 rings (SSSR count). The van der Waals surface area contributed by atoms with Crippen LogP contribution in [0, 0.1) is 0 Å². The minimum absolute atomic E-state index is 0.192. The first-order valence-corrected chi connectivity index (χ1v) is 7.28. The minimum Gasteiger partial charge on any atom is -0.508 e. The van der Waals surface area contributed by atoms with Gasteiger partial charge in [-0.3, -0.25) is 0 Å². The molecule has 106 valence electrons. The summed E-state index contributed by atoms with van der Waals surface area (Å²) >= 11 is 0. The Balaban J connectivity index is 2.71. The molecule has 0 aromatic heterocycles. The summed E-state index contributed by atoms with van der Waals surface area (Å²) in [5, 5.41) is 20.6. The second-order valence-electron chi connectivity index (χ2n) is 5.02. The molecule has 2 N–H and O–H groups in total. The highest BCUT2D eigenvalue weighted by atomic mass is 16.3. The van der Waals surface area contributed by atoms with Crippen LogP contribution in [0.2, 0.25) is 0 Å². The molecule has 0 fully saturated rings. The lowest BCUT2D eigenvalue weighted by molar-refractivity contribution is 0.440. The maximum absolute atomic E-state index is 10.5. The van der Waals surface area contributed by atoms with Crippen molar-refractivity contribution in [1.29, 1.82) is 0 Å². The summed E-state index contributed by atoms with van der Waals surface area (Å²) in [6.45, 7) is 6.09. The van der Waals surface area contributed by atoms with Crippen molar-refractivity contribution in [1.82, 2.24) is 0 Å². The number of benzene rings is 2. The summed E-state index contributed by atoms with van der Waals surface area (Å²) < 4.78 is 0. The van der Waals surface area contributed by atoms with E-state index < -0.39 is 0 Å². The Hall–Kier alpha value is -1.96. The van der Waals surface area contributed by atoms with Crippen LogP contribution >= 0.6 is 0 Å². The van der Waals surface area contributed by atoms with Crippen molar-refractivity contribution < 1.29 is 10.2 Å². The lowest BCUT2D eigenvalue weighted by atomic mass is 9.92. The van der Waals surface area contributed by atoms with Crippen molar-refractivity contribution in [3.05, 3.63) is 47.0 Å². The first-order chi connectivity index (χ1) is 9.62. The number of hydrogen-bond acceptors (Lipinski definition) is 2. The molecular formula is C18H22O2. The Labute approximate surface area is 120 Å². The molecule has 0 aliphatic carbocycles. The van der Waals surface area contributed by atoms with Gasteiger partial charge in [0.15, 0.2) is 0 Å². The quantitative estimate of drug-likeness (QED) is 0.861. The maximum atomic E-state index is 10.5. The van der Waals surface area contributed by atoms with Crippen molar-refractivity contribution in [2.75, 3.05) is 0 Å².